The summed E-state index contributed by atoms with van der Waals surface area (Å²) >= 11 is 6.24. The highest BCUT2D eigenvalue weighted by molar-refractivity contribution is 6.32. The molecule has 1 aliphatic heterocycles. The lowest BCUT2D eigenvalue weighted by atomic mass is 9.67. The first-order valence-corrected chi connectivity index (χ1v) is 10.4. The van der Waals surface area contributed by atoms with Crippen LogP contribution in [0.5, 0.6) is 11.5 Å². The number of phenolic OH excluding ortho intramolecular Hbond substituents is 1. The summed E-state index contributed by atoms with van der Waals surface area (Å²) in [6, 6.07) is 3.20. The maximum atomic E-state index is 13.2. The van der Waals surface area contributed by atoms with Gasteiger partial charge in [0.15, 0.2) is 17.3 Å². The van der Waals surface area contributed by atoms with Crippen molar-refractivity contribution >= 4 is 29.1 Å². The number of carbonyl (C=O) groups excluding carboxylic acids is 2. The van der Waals surface area contributed by atoms with Crippen LogP contribution in [0.3, 0.4) is 0 Å². The molecular formula is C23H28ClNO5. The number of Topliss-reactive ketones (excluding diaryl/α,β-unsaturated/α-hetero) is 1. The minimum absolute atomic E-state index is 0.0342. The molecule has 1 aliphatic carbocycles. The number of ketones is 1. The molecule has 0 spiro atoms. The van der Waals surface area contributed by atoms with Crippen LogP contribution in [-0.2, 0) is 14.3 Å². The van der Waals surface area contributed by atoms with Gasteiger partial charge in [0.05, 0.1) is 18.2 Å². The Morgan fingerprint density at radius 2 is 1.97 bits per heavy atom. The molecule has 6 nitrogen and oxygen atoms in total. The van der Waals surface area contributed by atoms with Gasteiger partial charge in [-0.3, -0.25) is 14.6 Å². The third-order valence-corrected chi connectivity index (χ3v) is 5.83. The zero-order chi connectivity index (χ0) is 22.4. The van der Waals surface area contributed by atoms with E-state index in [1.807, 2.05) is 13.8 Å². The molecule has 7 heteroatoms. The molecule has 0 saturated heterocycles. The topological polar surface area (TPSA) is 85.2 Å². The molecule has 1 aromatic carbocycles. The van der Waals surface area contributed by atoms with Crippen LogP contribution in [0.25, 0.3) is 0 Å². The van der Waals surface area contributed by atoms with E-state index < -0.39 is 17.8 Å². The van der Waals surface area contributed by atoms with Crippen LogP contribution in [0.1, 0.15) is 58.9 Å². The number of hydrogen-bond acceptors (Lipinski definition) is 6. The van der Waals surface area contributed by atoms with Crippen molar-refractivity contribution in [2.45, 2.75) is 59.5 Å². The third kappa shape index (κ3) is 4.10. The Labute approximate surface area is 181 Å². The molecule has 3 rings (SSSR count). The molecule has 2 atom stereocenters. The molecular weight excluding hydrogens is 406 g/mol. The number of phenols is 1. The van der Waals surface area contributed by atoms with E-state index in [0.717, 1.165) is 0 Å². The van der Waals surface area contributed by atoms with E-state index in [-0.39, 0.29) is 33.8 Å². The first kappa shape index (κ1) is 22.3. The second-order valence-electron chi connectivity index (χ2n) is 9.05. The fourth-order valence-corrected chi connectivity index (χ4v) is 4.56. The zero-order valence-electron chi connectivity index (χ0n) is 18.2. The van der Waals surface area contributed by atoms with Crippen molar-refractivity contribution in [1.29, 1.82) is 0 Å². The second-order valence-corrected chi connectivity index (χ2v) is 9.46. The molecule has 0 aromatic heterocycles. The minimum atomic E-state index is -0.762. The van der Waals surface area contributed by atoms with E-state index in [4.69, 9.17) is 21.1 Å². The Hall–Kier alpha value is -2.34. The van der Waals surface area contributed by atoms with Crippen LogP contribution in [0.4, 0.5) is 0 Å². The van der Waals surface area contributed by atoms with Gasteiger partial charge in [-0.15, -0.1) is 0 Å². The summed E-state index contributed by atoms with van der Waals surface area (Å²) < 4.78 is 10.8. The molecule has 2 aliphatic rings. The Balaban J connectivity index is 2.23. The molecule has 0 radical (unpaired) electrons. The summed E-state index contributed by atoms with van der Waals surface area (Å²) in [5.74, 6) is -1.85. The summed E-state index contributed by atoms with van der Waals surface area (Å²) in [6.45, 7) is 9.42. The predicted molar refractivity (Wildman–Crippen MR) is 115 cm³/mol. The highest BCUT2D eigenvalue weighted by atomic mass is 35.5. The van der Waals surface area contributed by atoms with E-state index in [2.05, 4.69) is 4.99 Å². The number of allylic oxidation sites excluding steroid dienone is 2. The maximum absolute atomic E-state index is 13.2. The van der Waals surface area contributed by atoms with E-state index in [0.29, 0.717) is 35.4 Å². The van der Waals surface area contributed by atoms with Gasteiger partial charge >= 0.3 is 5.97 Å². The van der Waals surface area contributed by atoms with Gasteiger partial charge in [-0.2, -0.15) is 0 Å². The molecule has 0 amide bonds. The number of aromatic hydroxyl groups is 1. The summed E-state index contributed by atoms with van der Waals surface area (Å²) in [5, 5.41) is 10.3. The number of esters is 1. The average molecular weight is 434 g/mol. The number of hydrogen-bond donors (Lipinski definition) is 1. The number of aliphatic imine (C=N–C) groups is 1. The summed E-state index contributed by atoms with van der Waals surface area (Å²) in [6.07, 6.45) is 0.697. The maximum Gasteiger partial charge on any atom is 0.315 e. The van der Waals surface area contributed by atoms with Crippen molar-refractivity contribution in [1.82, 2.24) is 0 Å². The van der Waals surface area contributed by atoms with Crippen LogP contribution in [0.2, 0.25) is 5.02 Å². The van der Waals surface area contributed by atoms with Crippen molar-refractivity contribution in [2.75, 3.05) is 7.11 Å². The number of halogens is 1. The smallest absolute Gasteiger partial charge is 0.315 e. The second kappa shape index (κ2) is 8.06. The number of nitrogens with zero attached hydrogens (tertiary/aromatic N) is 1. The van der Waals surface area contributed by atoms with Gasteiger partial charge in [-0.1, -0.05) is 25.4 Å². The largest absolute Gasteiger partial charge is 0.503 e. The third-order valence-electron chi connectivity index (χ3n) is 5.54. The van der Waals surface area contributed by atoms with Crippen LogP contribution in [-0.4, -0.2) is 35.8 Å². The molecule has 1 heterocycles. The fourth-order valence-electron chi connectivity index (χ4n) is 4.35. The molecule has 162 valence electrons. The van der Waals surface area contributed by atoms with Gasteiger partial charge in [0.25, 0.3) is 0 Å². The van der Waals surface area contributed by atoms with Gasteiger partial charge in [0.1, 0.15) is 5.92 Å². The Bertz CT molecular complexity index is 961. The molecule has 1 unspecified atom stereocenters. The van der Waals surface area contributed by atoms with Gasteiger partial charge < -0.3 is 14.6 Å². The SMILES string of the molecule is COc1cc([C@@H]2C3=C(CC(C)(C)CC3=O)N=C(C)C2C(=O)OC(C)C)cc(Cl)c1O. The van der Waals surface area contributed by atoms with E-state index in [1.165, 1.54) is 7.11 Å². The van der Waals surface area contributed by atoms with Crippen molar-refractivity contribution in [3.05, 3.63) is 34.0 Å². The van der Waals surface area contributed by atoms with Crippen molar-refractivity contribution in [2.24, 2.45) is 16.3 Å². The van der Waals surface area contributed by atoms with E-state index in [9.17, 15) is 14.7 Å². The Kier molecular flexibility index (Phi) is 6.01. The van der Waals surface area contributed by atoms with Crippen molar-refractivity contribution in [3.63, 3.8) is 0 Å². The summed E-state index contributed by atoms with van der Waals surface area (Å²) in [7, 11) is 1.42. The number of rotatable bonds is 4. The number of methoxy groups -OCH3 is 1. The molecule has 0 fully saturated rings. The monoisotopic (exact) mass is 433 g/mol. The standard InChI is InChI=1S/C23H28ClNO5/c1-11(2)30-22(28)18-12(3)25-15-9-23(4,5)10-16(26)20(15)19(18)13-7-14(24)21(27)17(8-13)29-6/h7-8,11,18-19,27H,9-10H2,1-6H3/t18?,19-/m0/s1. The predicted octanol–water partition coefficient (Wildman–Crippen LogP) is 4.82. The van der Waals surface area contributed by atoms with Gasteiger partial charge in [-0.05, 0) is 50.3 Å². The van der Waals surface area contributed by atoms with E-state index in [1.54, 1.807) is 32.9 Å². The normalized spacial score (nSPS) is 23.2. The van der Waals surface area contributed by atoms with Crippen molar-refractivity contribution in [3.8, 4) is 11.5 Å². The molecule has 1 N–H and O–H groups in total. The zero-order valence-corrected chi connectivity index (χ0v) is 19.0. The van der Waals surface area contributed by atoms with Crippen LogP contribution >= 0.6 is 11.6 Å². The molecule has 1 aromatic rings. The number of carbonyl (C=O) groups is 2. The average Bonchev–Trinajstić information content (AvgIpc) is 2.60. The Morgan fingerprint density at radius 1 is 1.30 bits per heavy atom. The number of benzene rings is 1. The lowest BCUT2D eigenvalue weighted by molar-refractivity contribution is -0.150. The first-order chi connectivity index (χ1) is 13.9. The van der Waals surface area contributed by atoms with Gasteiger partial charge in [0, 0.05) is 29.3 Å². The van der Waals surface area contributed by atoms with Crippen LogP contribution in [0.15, 0.2) is 28.4 Å². The lowest BCUT2D eigenvalue weighted by Gasteiger charge is -2.39. The Morgan fingerprint density at radius 3 is 2.57 bits per heavy atom. The highest BCUT2D eigenvalue weighted by Crippen LogP contribution is 2.49. The molecule has 0 bridgehead atoms. The highest BCUT2D eigenvalue weighted by Gasteiger charge is 2.46. The number of ether oxygens (including phenoxy) is 2. The lowest BCUT2D eigenvalue weighted by Crippen LogP contribution is -2.40. The fraction of sp³-hybridized carbons (Fsp3) is 0.522. The van der Waals surface area contributed by atoms with Gasteiger partial charge in [0.2, 0.25) is 0 Å². The summed E-state index contributed by atoms with van der Waals surface area (Å²) in [4.78, 5) is 31.0. The van der Waals surface area contributed by atoms with Crippen LogP contribution in [0, 0.1) is 11.3 Å². The minimum Gasteiger partial charge on any atom is -0.503 e. The van der Waals surface area contributed by atoms with Crippen molar-refractivity contribution < 1.29 is 24.2 Å². The first-order valence-electron chi connectivity index (χ1n) is 10.0. The van der Waals surface area contributed by atoms with E-state index >= 15 is 0 Å². The summed E-state index contributed by atoms with van der Waals surface area (Å²) in [5.41, 5.74) is 2.22. The molecule has 30 heavy (non-hydrogen) atoms. The van der Waals surface area contributed by atoms with Crippen LogP contribution < -0.4 is 4.74 Å². The quantitative estimate of drug-likeness (QED) is 0.688. The molecule has 0 saturated carbocycles. The van der Waals surface area contributed by atoms with Gasteiger partial charge in [-0.25, -0.2) is 0 Å².